The molecule has 0 aliphatic rings. The summed E-state index contributed by atoms with van der Waals surface area (Å²) in [5, 5.41) is 20.6. The first-order valence-electron chi connectivity index (χ1n) is 7.89. The summed E-state index contributed by atoms with van der Waals surface area (Å²) in [6.07, 6.45) is 0. The highest BCUT2D eigenvalue weighted by atomic mass is 35.5. The molecule has 5 nitrogen and oxygen atoms in total. The van der Waals surface area contributed by atoms with Crippen LogP contribution in [0.15, 0.2) is 54.6 Å². The van der Waals surface area contributed by atoms with Crippen LogP contribution >= 0.6 is 46.4 Å². The van der Waals surface area contributed by atoms with Crippen molar-refractivity contribution in [3.05, 3.63) is 91.4 Å². The third kappa shape index (κ3) is 3.77. The lowest BCUT2D eigenvalue weighted by molar-refractivity contribution is 0.435. The second-order valence-corrected chi connectivity index (χ2v) is 9.36. The highest BCUT2D eigenvalue weighted by Crippen LogP contribution is 2.52. The molecule has 0 fully saturated rings. The van der Waals surface area contributed by atoms with Gasteiger partial charge in [-0.15, -0.1) is 0 Å². The van der Waals surface area contributed by atoms with Gasteiger partial charge in [0.05, 0.1) is 5.02 Å². The Morgan fingerprint density at radius 3 is 2.03 bits per heavy atom. The topological polar surface area (TPSA) is 94.8 Å². The van der Waals surface area contributed by atoms with E-state index in [9.17, 15) is 23.2 Å². The SMILES string of the molecule is O=S(=O)(O)C(c1cccc(Cl)c1)(c1cc(Cl)ccc1Cl)c1cc(O)cc(Cl)c1O. The van der Waals surface area contributed by atoms with Gasteiger partial charge in [-0.1, -0.05) is 58.5 Å². The van der Waals surface area contributed by atoms with Crippen LogP contribution in [0.5, 0.6) is 11.5 Å². The third-order valence-electron chi connectivity index (χ3n) is 4.35. The number of halogens is 4. The van der Waals surface area contributed by atoms with Crippen LogP contribution in [0.2, 0.25) is 20.1 Å². The van der Waals surface area contributed by atoms with Crippen molar-refractivity contribution in [3.8, 4) is 11.5 Å². The minimum Gasteiger partial charge on any atom is -0.508 e. The molecule has 0 spiro atoms. The van der Waals surface area contributed by atoms with E-state index in [2.05, 4.69) is 0 Å². The van der Waals surface area contributed by atoms with Crippen LogP contribution in [0.1, 0.15) is 16.7 Å². The quantitative estimate of drug-likeness (QED) is 0.239. The molecule has 0 saturated carbocycles. The molecule has 0 radical (unpaired) electrons. The van der Waals surface area contributed by atoms with Crippen molar-refractivity contribution in [3.63, 3.8) is 0 Å². The number of phenolic OH excluding ortho intramolecular Hbond substituents is 2. The Balaban J connectivity index is 2.65. The first-order chi connectivity index (χ1) is 13.5. The minimum absolute atomic E-state index is 0.0615. The lowest BCUT2D eigenvalue weighted by Crippen LogP contribution is -2.38. The smallest absolute Gasteiger partial charge is 0.283 e. The summed E-state index contributed by atoms with van der Waals surface area (Å²) < 4.78 is 33.9. The van der Waals surface area contributed by atoms with Gasteiger partial charge >= 0.3 is 0 Å². The second-order valence-electron chi connectivity index (χ2n) is 6.11. The molecule has 3 aromatic rings. The average Bonchev–Trinajstić information content (AvgIpc) is 2.61. The molecule has 0 aliphatic carbocycles. The fraction of sp³-hybridized carbons (Fsp3) is 0.0526. The van der Waals surface area contributed by atoms with Crippen LogP contribution < -0.4 is 0 Å². The molecule has 3 N–H and O–H groups in total. The van der Waals surface area contributed by atoms with E-state index in [-0.39, 0.29) is 31.2 Å². The Bertz CT molecular complexity index is 1210. The summed E-state index contributed by atoms with van der Waals surface area (Å²) in [7, 11) is -5.13. The Morgan fingerprint density at radius 1 is 0.759 bits per heavy atom. The van der Waals surface area contributed by atoms with Crippen LogP contribution in [0, 0.1) is 0 Å². The van der Waals surface area contributed by atoms with E-state index in [4.69, 9.17) is 46.4 Å². The van der Waals surface area contributed by atoms with Gasteiger partial charge in [-0.25, -0.2) is 0 Å². The van der Waals surface area contributed by atoms with Gasteiger partial charge in [-0.2, -0.15) is 8.42 Å². The molecule has 0 amide bonds. The molecule has 3 rings (SSSR count). The van der Waals surface area contributed by atoms with E-state index in [0.717, 1.165) is 12.1 Å². The summed E-state index contributed by atoms with van der Waals surface area (Å²) in [5.41, 5.74) is -0.668. The average molecular weight is 494 g/mol. The second kappa shape index (κ2) is 7.87. The van der Waals surface area contributed by atoms with Crippen molar-refractivity contribution in [1.29, 1.82) is 0 Å². The summed E-state index contributed by atoms with van der Waals surface area (Å²) in [6.45, 7) is 0. The fourth-order valence-electron chi connectivity index (χ4n) is 3.21. The van der Waals surface area contributed by atoms with Gasteiger partial charge in [0.15, 0.2) is 4.75 Å². The van der Waals surface area contributed by atoms with Crippen LogP contribution in [0.4, 0.5) is 0 Å². The zero-order chi connectivity index (χ0) is 21.6. The highest BCUT2D eigenvalue weighted by molar-refractivity contribution is 7.87. The van der Waals surface area contributed by atoms with Crippen molar-refractivity contribution in [2.24, 2.45) is 0 Å². The summed E-state index contributed by atoms with van der Waals surface area (Å²) >= 11 is 24.5. The molecule has 0 heterocycles. The molecule has 0 bridgehead atoms. The van der Waals surface area contributed by atoms with E-state index in [1.165, 1.54) is 42.5 Å². The molecule has 152 valence electrons. The van der Waals surface area contributed by atoms with Gasteiger partial charge in [-0.05, 0) is 42.0 Å². The van der Waals surface area contributed by atoms with Crippen molar-refractivity contribution in [2.45, 2.75) is 4.75 Å². The van der Waals surface area contributed by atoms with E-state index < -0.39 is 31.9 Å². The monoisotopic (exact) mass is 492 g/mol. The normalized spacial score (nSPS) is 13.8. The van der Waals surface area contributed by atoms with E-state index in [1.54, 1.807) is 0 Å². The van der Waals surface area contributed by atoms with Crippen LogP contribution in [0.3, 0.4) is 0 Å². The number of hydrogen-bond donors (Lipinski definition) is 3. The molecule has 0 aromatic heterocycles. The van der Waals surface area contributed by atoms with Crippen molar-refractivity contribution >= 4 is 56.5 Å². The lowest BCUT2D eigenvalue weighted by Gasteiger charge is -2.34. The Labute approximate surface area is 186 Å². The molecule has 3 aromatic carbocycles. The number of benzene rings is 3. The van der Waals surface area contributed by atoms with Crippen LogP contribution in [0.25, 0.3) is 0 Å². The molecule has 0 aliphatic heterocycles. The largest absolute Gasteiger partial charge is 0.508 e. The Hall–Kier alpha value is -1.67. The van der Waals surface area contributed by atoms with Crippen molar-refractivity contribution in [1.82, 2.24) is 0 Å². The van der Waals surface area contributed by atoms with Gasteiger partial charge in [0.25, 0.3) is 10.1 Å². The van der Waals surface area contributed by atoms with E-state index in [1.807, 2.05) is 0 Å². The molecule has 29 heavy (non-hydrogen) atoms. The highest BCUT2D eigenvalue weighted by Gasteiger charge is 2.52. The molecular formula is C19H12Cl4O5S. The van der Waals surface area contributed by atoms with Gasteiger partial charge in [-0.3, -0.25) is 4.55 Å². The summed E-state index contributed by atoms with van der Waals surface area (Å²) in [5.74, 6) is -1.13. The number of aromatic hydroxyl groups is 2. The van der Waals surface area contributed by atoms with Gasteiger partial charge in [0, 0.05) is 32.3 Å². The van der Waals surface area contributed by atoms with Gasteiger partial charge < -0.3 is 10.2 Å². The number of phenols is 2. The Kier molecular flexibility index (Phi) is 5.98. The zero-order valence-corrected chi connectivity index (χ0v) is 18.1. The molecular weight excluding hydrogens is 482 g/mol. The predicted molar refractivity (Wildman–Crippen MR) is 114 cm³/mol. The zero-order valence-electron chi connectivity index (χ0n) is 14.3. The lowest BCUT2D eigenvalue weighted by atomic mass is 9.83. The maximum Gasteiger partial charge on any atom is 0.283 e. The molecule has 10 heteroatoms. The predicted octanol–water partition coefficient (Wildman–Crippen LogP) is 5.89. The van der Waals surface area contributed by atoms with Gasteiger partial charge in [0.1, 0.15) is 11.5 Å². The molecule has 1 unspecified atom stereocenters. The third-order valence-corrected chi connectivity index (χ3v) is 6.89. The maximum absolute atomic E-state index is 13.0. The first kappa shape index (κ1) is 22.0. The van der Waals surface area contributed by atoms with Crippen molar-refractivity contribution in [2.75, 3.05) is 0 Å². The minimum atomic E-state index is -5.13. The number of rotatable bonds is 4. The summed E-state index contributed by atoms with van der Waals surface area (Å²) in [6, 6.07) is 11.6. The van der Waals surface area contributed by atoms with Gasteiger partial charge in [0.2, 0.25) is 0 Å². The summed E-state index contributed by atoms with van der Waals surface area (Å²) in [4.78, 5) is 0. The Morgan fingerprint density at radius 2 is 1.41 bits per heavy atom. The van der Waals surface area contributed by atoms with E-state index in [0.29, 0.717) is 0 Å². The van der Waals surface area contributed by atoms with Crippen molar-refractivity contribution < 1.29 is 23.2 Å². The standard InChI is InChI=1S/C19H12Cl4O5S/c20-11-3-1-2-10(6-11)19(29(26,27)28,14-7-12(21)4-5-16(14)22)15-8-13(24)9-17(23)18(15)25/h1-9,24-25H,(H,26,27,28). The fourth-order valence-corrected chi connectivity index (χ4v) is 5.41. The van der Waals surface area contributed by atoms with E-state index >= 15 is 0 Å². The maximum atomic E-state index is 13.0. The van der Waals surface area contributed by atoms with Crippen LogP contribution in [-0.4, -0.2) is 23.2 Å². The van der Waals surface area contributed by atoms with Crippen LogP contribution in [-0.2, 0) is 14.9 Å². The molecule has 0 saturated heterocycles. The molecule has 1 atom stereocenters. The number of hydrogen-bond acceptors (Lipinski definition) is 4. The first-order valence-corrected chi connectivity index (χ1v) is 10.8.